The van der Waals surface area contributed by atoms with Crippen molar-refractivity contribution in [3.63, 3.8) is 0 Å². The highest BCUT2D eigenvalue weighted by atomic mass is 32.1. The molecule has 1 unspecified atom stereocenters. The third kappa shape index (κ3) is 4.63. The van der Waals surface area contributed by atoms with Gasteiger partial charge in [-0.1, -0.05) is 12.1 Å². The van der Waals surface area contributed by atoms with Crippen LogP contribution in [0, 0.1) is 6.92 Å². The summed E-state index contributed by atoms with van der Waals surface area (Å²) in [4.78, 5) is 16.0. The van der Waals surface area contributed by atoms with Gasteiger partial charge in [0.05, 0.1) is 19.2 Å². The van der Waals surface area contributed by atoms with Crippen LogP contribution in [0.1, 0.15) is 22.0 Å². The number of nitrogens with zero attached hydrogens (tertiary/aromatic N) is 1. The fourth-order valence-corrected chi connectivity index (χ4v) is 4.15. The van der Waals surface area contributed by atoms with Crippen molar-refractivity contribution in [2.75, 3.05) is 40.0 Å². The topological polar surface area (TPSA) is 50.8 Å². The molecule has 1 amide bonds. The first-order chi connectivity index (χ1) is 12.7. The zero-order valence-corrected chi connectivity index (χ0v) is 16.2. The van der Waals surface area contributed by atoms with Gasteiger partial charge in [-0.3, -0.25) is 4.79 Å². The van der Waals surface area contributed by atoms with Gasteiger partial charge < -0.3 is 19.7 Å². The van der Waals surface area contributed by atoms with Crippen molar-refractivity contribution in [2.45, 2.75) is 19.4 Å². The lowest BCUT2D eigenvalue weighted by molar-refractivity contribution is -0.133. The molecule has 2 aromatic rings. The van der Waals surface area contributed by atoms with E-state index in [1.54, 1.807) is 18.4 Å². The van der Waals surface area contributed by atoms with Crippen molar-refractivity contribution in [1.82, 2.24) is 10.2 Å². The first-order valence-corrected chi connectivity index (χ1v) is 9.82. The van der Waals surface area contributed by atoms with E-state index in [9.17, 15) is 4.79 Å². The van der Waals surface area contributed by atoms with E-state index in [-0.39, 0.29) is 11.9 Å². The molecule has 0 spiro atoms. The van der Waals surface area contributed by atoms with Crippen molar-refractivity contribution in [3.05, 3.63) is 51.7 Å². The maximum absolute atomic E-state index is 12.7. The minimum absolute atomic E-state index is 0.0396. The number of fused-ring (bicyclic) bond motifs is 1. The molecule has 5 nitrogen and oxygen atoms in total. The molecule has 1 aromatic carbocycles. The molecule has 6 heteroatoms. The Labute approximate surface area is 158 Å². The number of hydrogen-bond donors (Lipinski definition) is 1. The van der Waals surface area contributed by atoms with Crippen LogP contribution in [0.2, 0.25) is 0 Å². The molecule has 1 aromatic heterocycles. The maximum atomic E-state index is 12.7. The molecule has 1 N–H and O–H groups in total. The second-order valence-corrected chi connectivity index (χ2v) is 7.45. The summed E-state index contributed by atoms with van der Waals surface area (Å²) in [6.45, 7) is 4.85. The first-order valence-electron chi connectivity index (χ1n) is 8.94. The summed E-state index contributed by atoms with van der Waals surface area (Å²) < 4.78 is 11.1. The third-order valence-electron chi connectivity index (χ3n) is 4.57. The Hall–Kier alpha value is -1.89. The number of amides is 1. The molecular formula is C20H26N2O3S. The minimum atomic E-state index is -0.0396. The fraction of sp³-hybridized carbons (Fsp3) is 0.450. The predicted molar refractivity (Wildman–Crippen MR) is 104 cm³/mol. The smallest absolute Gasteiger partial charge is 0.237 e. The van der Waals surface area contributed by atoms with Crippen LogP contribution < -0.4 is 10.1 Å². The second kappa shape index (κ2) is 9.16. The largest absolute Gasteiger partial charge is 0.491 e. The highest BCUT2D eigenvalue weighted by Crippen LogP contribution is 2.33. The highest BCUT2D eigenvalue weighted by molar-refractivity contribution is 7.10. The van der Waals surface area contributed by atoms with Crippen LogP contribution in [0.5, 0.6) is 5.75 Å². The predicted octanol–water partition coefficient (Wildman–Crippen LogP) is 2.80. The molecule has 0 saturated heterocycles. The fourth-order valence-electron chi connectivity index (χ4n) is 3.23. The SMILES string of the molecule is COCCNCC(=O)N1CCc2sccc2C1COc1cccc(C)c1. The van der Waals surface area contributed by atoms with Crippen molar-refractivity contribution < 1.29 is 14.3 Å². The standard InChI is InChI=1S/C20H26N2O3S/c1-15-4-3-5-16(12-15)25-14-18-17-7-11-26-19(17)6-9-22(18)20(23)13-21-8-10-24-2/h3-5,7,11-12,18,21H,6,8-10,13-14H2,1-2H3. The van der Waals surface area contributed by atoms with E-state index in [1.807, 2.05) is 36.1 Å². The second-order valence-electron chi connectivity index (χ2n) is 6.45. The van der Waals surface area contributed by atoms with Gasteiger partial charge >= 0.3 is 0 Å². The lowest BCUT2D eigenvalue weighted by Crippen LogP contribution is -2.46. The van der Waals surface area contributed by atoms with Crippen LogP contribution in [-0.4, -0.2) is 50.8 Å². The molecule has 0 aliphatic carbocycles. The van der Waals surface area contributed by atoms with Crippen LogP contribution in [0.4, 0.5) is 0 Å². The van der Waals surface area contributed by atoms with E-state index in [2.05, 4.69) is 16.8 Å². The number of rotatable bonds is 8. The van der Waals surface area contributed by atoms with Crippen molar-refractivity contribution in [3.8, 4) is 5.75 Å². The van der Waals surface area contributed by atoms with Crippen LogP contribution in [0.3, 0.4) is 0 Å². The van der Waals surface area contributed by atoms with Gasteiger partial charge in [0.1, 0.15) is 12.4 Å². The summed E-state index contributed by atoms with van der Waals surface area (Å²) in [5, 5.41) is 5.25. The van der Waals surface area contributed by atoms with Crippen molar-refractivity contribution in [1.29, 1.82) is 0 Å². The summed E-state index contributed by atoms with van der Waals surface area (Å²) in [6.07, 6.45) is 0.914. The molecule has 140 valence electrons. The number of ether oxygens (including phenoxy) is 2. The number of hydrogen-bond acceptors (Lipinski definition) is 5. The number of carbonyl (C=O) groups excluding carboxylic acids is 1. The summed E-state index contributed by atoms with van der Waals surface area (Å²) >= 11 is 1.77. The molecule has 3 rings (SSSR count). The third-order valence-corrected chi connectivity index (χ3v) is 5.57. The Morgan fingerprint density at radius 1 is 1.38 bits per heavy atom. The normalized spacial score (nSPS) is 16.4. The molecular weight excluding hydrogens is 348 g/mol. The molecule has 0 saturated carbocycles. The Morgan fingerprint density at radius 2 is 2.27 bits per heavy atom. The first kappa shape index (κ1) is 18.9. The molecule has 0 radical (unpaired) electrons. The molecule has 1 aliphatic heterocycles. The van der Waals surface area contributed by atoms with E-state index < -0.39 is 0 Å². The Morgan fingerprint density at radius 3 is 3.08 bits per heavy atom. The summed E-state index contributed by atoms with van der Waals surface area (Å²) in [6, 6.07) is 10.1. The summed E-state index contributed by atoms with van der Waals surface area (Å²) in [5.41, 5.74) is 2.39. The number of nitrogens with one attached hydrogen (secondary N) is 1. The molecule has 1 aliphatic rings. The minimum Gasteiger partial charge on any atom is -0.491 e. The zero-order valence-electron chi connectivity index (χ0n) is 15.4. The van der Waals surface area contributed by atoms with Crippen LogP contribution in [0.15, 0.2) is 35.7 Å². The lowest BCUT2D eigenvalue weighted by atomic mass is 10.0. The lowest BCUT2D eigenvalue weighted by Gasteiger charge is -2.36. The van der Waals surface area contributed by atoms with Gasteiger partial charge in [0.25, 0.3) is 0 Å². The highest BCUT2D eigenvalue weighted by Gasteiger charge is 2.31. The number of aryl methyl sites for hydroxylation is 1. The van der Waals surface area contributed by atoms with E-state index >= 15 is 0 Å². The summed E-state index contributed by atoms with van der Waals surface area (Å²) in [7, 11) is 1.66. The molecule has 0 bridgehead atoms. The number of benzene rings is 1. The monoisotopic (exact) mass is 374 g/mol. The van der Waals surface area contributed by atoms with Crippen molar-refractivity contribution in [2.24, 2.45) is 0 Å². The van der Waals surface area contributed by atoms with Crippen LogP contribution in [0.25, 0.3) is 0 Å². The van der Waals surface area contributed by atoms with Gasteiger partial charge in [-0.05, 0) is 48.1 Å². The quantitative estimate of drug-likeness (QED) is 0.722. The molecule has 2 heterocycles. The number of thiophene rings is 1. The number of methoxy groups -OCH3 is 1. The van der Waals surface area contributed by atoms with Crippen molar-refractivity contribution >= 4 is 17.2 Å². The van der Waals surface area contributed by atoms with Crippen LogP contribution >= 0.6 is 11.3 Å². The van der Waals surface area contributed by atoms with Crippen LogP contribution in [-0.2, 0) is 16.0 Å². The van der Waals surface area contributed by atoms with E-state index in [1.165, 1.54) is 10.4 Å². The van der Waals surface area contributed by atoms with E-state index in [4.69, 9.17) is 9.47 Å². The summed E-state index contributed by atoms with van der Waals surface area (Å²) in [5.74, 6) is 0.953. The number of carbonyl (C=O) groups is 1. The van der Waals surface area contributed by atoms with Gasteiger partial charge in [-0.2, -0.15) is 0 Å². The maximum Gasteiger partial charge on any atom is 0.237 e. The zero-order chi connectivity index (χ0) is 18.4. The van der Waals surface area contributed by atoms with Gasteiger partial charge in [-0.25, -0.2) is 0 Å². The average Bonchev–Trinajstić information content (AvgIpc) is 3.12. The average molecular weight is 375 g/mol. The Bertz CT molecular complexity index is 731. The molecule has 26 heavy (non-hydrogen) atoms. The van der Waals surface area contributed by atoms with E-state index in [0.717, 1.165) is 24.3 Å². The van der Waals surface area contributed by atoms with Gasteiger partial charge in [0.2, 0.25) is 5.91 Å². The van der Waals surface area contributed by atoms with Gasteiger partial charge in [0, 0.05) is 25.1 Å². The molecule has 1 atom stereocenters. The van der Waals surface area contributed by atoms with Gasteiger partial charge in [0.15, 0.2) is 0 Å². The Balaban J connectivity index is 1.68. The molecule has 0 fully saturated rings. The Kier molecular flexibility index (Phi) is 6.66. The van der Waals surface area contributed by atoms with E-state index in [0.29, 0.717) is 26.3 Å². The van der Waals surface area contributed by atoms with Gasteiger partial charge in [-0.15, -0.1) is 11.3 Å².